The molecule has 0 aliphatic rings. The van der Waals surface area contributed by atoms with Crippen LogP contribution in [0.3, 0.4) is 0 Å². The van der Waals surface area contributed by atoms with Gasteiger partial charge < -0.3 is 30.6 Å². The van der Waals surface area contributed by atoms with Gasteiger partial charge in [0.1, 0.15) is 0 Å². The first kappa shape index (κ1) is 23.0. The molecule has 0 aliphatic heterocycles. The zero-order valence-corrected chi connectivity index (χ0v) is 13.8. The molecule has 0 heterocycles. The third kappa shape index (κ3) is 8.70. The molecule has 0 aliphatic carbocycles. The molecule has 0 radical (unpaired) electrons. The summed E-state index contributed by atoms with van der Waals surface area (Å²) in [6.45, 7) is 6.90. The summed E-state index contributed by atoms with van der Waals surface area (Å²) in [6.07, 6.45) is 1.21. The van der Waals surface area contributed by atoms with Crippen molar-refractivity contribution >= 4 is 0 Å². The highest BCUT2D eigenvalue weighted by molar-refractivity contribution is 4.82. The van der Waals surface area contributed by atoms with Gasteiger partial charge in [-0.2, -0.15) is 0 Å². The van der Waals surface area contributed by atoms with Gasteiger partial charge in [0.05, 0.1) is 39.6 Å². The molecule has 130 valence electrons. The van der Waals surface area contributed by atoms with E-state index in [1.54, 1.807) is 0 Å². The van der Waals surface area contributed by atoms with Crippen molar-refractivity contribution in [3.63, 3.8) is 0 Å². The average molecular weight is 310 g/mol. The lowest BCUT2D eigenvalue weighted by molar-refractivity contribution is -0.0220. The Bertz CT molecular complexity index is 215. The predicted octanol–water partition coefficient (Wildman–Crippen LogP) is -0.254. The Labute approximate surface area is 128 Å². The topological polar surface area (TPSA) is 121 Å². The van der Waals surface area contributed by atoms with Crippen LogP contribution in [0.5, 0.6) is 0 Å². The van der Waals surface area contributed by atoms with Gasteiger partial charge in [-0.25, -0.2) is 0 Å². The number of aliphatic hydroxyl groups is 6. The second kappa shape index (κ2) is 10.5. The number of hydrogen-bond donors (Lipinski definition) is 6. The molecule has 6 N–H and O–H groups in total. The molecule has 0 unspecified atom stereocenters. The minimum atomic E-state index is -0.724. The molecule has 21 heavy (non-hydrogen) atoms. The van der Waals surface area contributed by atoms with Crippen LogP contribution in [0.4, 0.5) is 0 Å². The molecule has 0 aromatic carbocycles. The second-order valence-corrected chi connectivity index (χ2v) is 7.04. The van der Waals surface area contributed by atoms with Crippen LogP contribution in [0.2, 0.25) is 0 Å². The Hall–Kier alpha value is -0.240. The Morgan fingerprint density at radius 2 is 0.857 bits per heavy atom. The molecule has 0 rings (SSSR count). The molecule has 0 bridgehead atoms. The maximum Gasteiger partial charge on any atom is 0.0531 e. The molecule has 0 saturated carbocycles. The van der Waals surface area contributed by atoms with Gasteiger partial charge >= 0.3 is 0 Å². The van der Waals surface area contributed by atoms with Crippen molar-refractivity contribution in [2.45, 2.75) is 40.5 Å². The zero-order valence-electron chi connectivity index (χ0n) is 13.8. The number of hydrogen-bond acceptors (Lipinski definition) is 6. The summed E-state index contributed by atoms with van der Waals surface area (Å²) in [6, 6.07) is 0. The van der Waals surface area contributed by atoms with E-state index in [1.807, 2.05) is 27.7 Å². The summed E-state index contributed by atoms with van der Waals surface area (Å²) in [5.41, 5.74) is -1.38. The molecule has 0 saturated heterocycles. The number of rotatable bonds is 8. The van der Waals surface area contributed by atoms with Gasteiger partial charge in [-0.05, 0) is 18.3 Å². The van der Waals surface area contributed by atoms with Crippen LogP contribution in [0.25, 0.3) is 0 Å². The zero-order chi connectivity index (χ0) is 17.2. The highest BCUT2D eigenvalue weighted by Gasteiger charge is 2.32. The van der Waals surface area contributed by atoms with Gasteiger partial charge in [-0.3, -0.25) is 0 Å². The largest absolute Gasteiger partial charge is 0.396 e. The first-order valence-corrected chi connectivity index (χ1v) is 7.29. The maximum absolute atomic E-state index is 9.02. The molecule has 6 heteroatoms. The fourth-order valence-electron chi connectivity index (χ4n) is 1.93. The molecule has 0 spiro atoms. The Kier molecular flexibility index (Phi) is 11.5. The van der Waals surface area contributed by atoms with E-state index in [1.165, 1.54) is 0 Å². The molecule has 0 aromatic heterocycles. The van der Waals surface area contributed by atoms with Crippen LogP contribution >= 0.6 is 0 Å². The van der Waals surface area contributed by atoms with Crippen LogP contribution in [0.1, 0.15) is 40.5 Å². The predicted molar refractivity (Wildman–Crippen MR) is 81.7 cm³/mol. The smallest absolute Gasteiger partial charge is 0.0531 e. The maximum atomic E-state index is 9.02. The van der Waals surface area contributed by atoms with Gasteiger partial charge in [-0.1, -0.05) is 27.7 Å². The van der Waals surface area contributed by atoms with Gasteiger partial charge in [0.2, 0.25) is 0 Å². The highest BCUT2D eigenvalue weighted by atomic mass is 16.3. The molecule has 0 amide bonds. The summed E-state index contributed by atoms with van der Waals surface area (Å²) in [5.74, 6) is 0. The van der Waals surface area contributed by atoms with E-state index in [9.17, 15) is 0 Å². The van der Waals surface area contributed by atoms with E-state index < -0.39 is 10.8 Å². The Morgan fingerprint density at radius 3 is 0.905 bits per heavy atom. The molecular formula is C15H34O6. The van der Waals surface area contributed by atoms with Crippen molar-refractivity contribution in [3.8, 4) is 0 Å². The van der Waals surface area contributed by atoms with Crippen LogP contribution in [-0.4, -0.2) is 70.3 Å². The van der Waals surface area contributed by atoms with E-state index in [0.29, 0.717) is 12.8 Å². The third-order valence-electron chi connectivity index (χ3n) is 3.67. The highest BCUT2D eigenvalue weighted by Crippen LogP contribution is 2.32. The van der Waals surface area contributed by atoms with Crippen molar-refractivity contribution in [1.29, 1.82) is 0 Å². The van der Waals surface area contributed by atoms with Gasteiger partial charge in [0.15, 0.2) is 0 Å². The summed E-state index contributed by atoms with van der Waals surface area (Å²) in [5, 5.41) is 53.0. The second-order valence-electron chi connectivity index (χ2n) is 7.04. The van der Waals surface area contributed by atoms with Crippen LogP contribution in [0.15, 0.2) is 0 Å². The minimum Gasteiger partial charge on any atom is -0.396 e. The quantitative estimate of drug-likeness (QED) is 0.367. The SMILES string of the molecule is CC(C)(C)CC(CO)(CO)CO.CCC(CO)(CO)CO. The lowest BCUT2D eigenvalue weighted by atomic mass is 9.75. The standard InChI is InChI=1S/C9H20O3.C6H14O3/c1-8(2,3)4-9(5-10,6-11)7-12;1-2-6(3-7,4-8)5-9/h10-12H,4-7H2,1-3H3;7-9H,2-5H2,1H3. The van der Waals surface area contributed by atoms with Gasteiger partial charge in [0, 0.05) is 10.8 Å². The van der Waals surface area contributed by atoms with Crippen LogP contribution in [0, 0.1) is 16.2 Å². The third-order valence-corrected chi connectivity index (χ3v) is 3.67. The lowest BCUT2D eigenvalue weighted by Gasteiger charge is -2.34. The van der Waals surface area contributed by atoms with E-state index in [2.05, 4.69) is 0 Å². The van der Waals surface area contributed by atoms with Crippen molar-refractivity contribution < 1.29 is 30.6 Å². The molecule has 6 nitrogen and oxygen atoms in total. The summed E-state index contributed by atoms with van der Waals surface area (Å²) >= 11 is 0. The summed E-state index contributed by atoms with van der Waals surface area (Å²) < 4.78 is 0. The lowest BCUT2D eigenvalue weighted by Crippen LogP contribution is -2.37. The average Bonchev–Trinajstić information content (AvgIpc) is 2.47. The van der Waals surface area contributed by atoms with Crippen molar-refractivity contribution in [3.05, 3.63) is 0 Å². The van der Waals surface area contributed by atoms with Crippen LogP contribution in [-0.2, 0) is 0 Å². The van der Waals surface area contributed by atoms with Gasteiger partial charge in [0.25, 0.3) is 0 Å². The van der Waals surface area contributed by atoms with E-state index in [-0.39, 0.29) is 45.1 Å². The molecule has 0 atom stereocenters. The molecular weight excluding hydrogens is 276 g/mol. The number of aliphatic hydroxyl groups excluding tert-OH is 6. The van der Waals surface area contributed by atoms with E-state index >= 15 is 0 Å². The Balaban J connectivity index is 0. The molecule has 0 aromatic rings. The van der Waals surface area contributed by atoms with Gasteiger partial charge in [-0.15, -0.1) is 0 Å². The summed E-state index contributed by atoms with van der Waals surface area (Å²) in [4.78, 5) is 0. The fraction of sp³-hybridized carbons (Fsp3) is 1.00. The minimum absolute atomic E-state index is 0.00813. The summed E-state index contributed by atoms with van der Waals surface area (Å²) in [7, 11) is 0. The Morgan fingerprint density at radius 1 is 0.571 bits per heavy atom. The monoisotopic (exact) mass is 310 g/mol. The van der Waals surface area contributed by atoms with E-state index in [0.717, 1.165) is 0 Å². The first-order valence-electron chi connectivity index (χ1n) is 7.29. The van der Waals surface area contributed by atoms with Crippen LogP contribution < -0.4 is 0 Å². The van der Waals surface area contributed by atoms with E-state index in [4.69, 9.17) is 30.6 Å². The van der Waals surface area contributed by atoms with Crippen molar-refractivity contribution in [2.24, 2.45) is 16.2 Å². The fourth-order valence-corrected chi connectivity index (χ4v) is 1.93. The molecule has 0 fully saturated rings. The normalized spacial score (nSPS) is 12.9. The van der Waals surface area contributed by atoms with Crippen molar-refractivity contribution in [1.82, 2.24) is 0 Å². The van der Waals surface area contributed by atoms with Crippen molar-refractivity contribution in [2.75, 3.05) is 39.6 Å². The first-order chi connectivity index (χ1) is 9.63.